The fourth-order valence-corrected chi connectivity index (χ4v) is 3.01. The second-order valence-corrected chi connectivity index (χ2v) is 7.05. The van der Waals surface area contributed by atoms with Crippen LogP contribution in [-0.4, -0.2) is 13.1 Å². The summed E-state index contributed by atoms with van der Waals surface area (Å²) in [7, 11) is 2.05. The molecule has 0 aliphatic heterocycles. The van der Waals surface area contributed by atoms with E-state index in [1.54, 1.807) is 0 Å². The van der Waals surface area contributed by atoms with Crippen LogP contribution in [0, 0.1) is 0 Å². The van der Waals surface area contributed by atoms with Crippen molar-refractivity contribution in [3.63, 3.8) is 0 Å². The van der Waals surface area contributed by atoms with Crippen LogP contribution in [0.1, 0.15) is 57.6 Å². The first-order chi connectivity index (χ1) is 8.85. The molecule has 106 valence electrons. The lowest BCUT2D eigenvalue weighted by molar-refractivity contribution is 0.259. The third-order valence-electron chi connectivity index (χ3n) is 4.61. The smallest absolute Gasteiger partial charge is 0.0410 e. The minimum Gasteiger partial charge on any atom is -0.321 e. The lowest BCUT2D eigenvalue weighted by Crippen LogP contribution is -2.44. The number of benzene rings is 1. The molecule has 0 aromatic heterocycles. The van der Waals surface area contributed by atoms with Gasteiger partial charge in [-0.3, -0.25) is 0 Å². The highest BCUT2D eigenvalue weighted by Crippen LogP contribution is 2.35. The number of nitrogens with two attached hydrogens (primary N) is 1. The maximum Gasteiger partial charge on any atom is 0.0410 e. The van der Waals surface area contributed by atoms with Crippen LogP contribution < -0.4 is 11.1 Å². The summed E-state index contributed by atoms with van der Waals surface area (Å²) in [4.78, 5) is 0. The Hall–Kier alpha value is -0.860. The lowest BCUT2D eigenvalue weighted by atomic mass is 9.75. The Morgan fingerprint density at radius 1 is 1.11 bits per heavy atom. The molecule has 0 unspecified atom stereocenters. The Bertz CT molecular complexity index is 406. The second-order valence-electron chi connectivity index (χ2n) is 7.05. The van der Waals surface area contributed by atoms with Crippen molar-refractivity contribution < 1.29 is 0 Å². The van der Waals surface area contributed by atoms with Crippen LogP contribution in [0.25, 0.3) is 0 Å². The lowest BCUT2D eigenvalue weighted by Gasteiger charge is -2.38. The van der Waals surface area contributed by atoms with E-state index >= 15 is 0 Å². The van der Waals surface area contributed by atoms with Gasteiger partial charge < -0.3 is 11.1 Å². The van der Waals surface area contributed by atoms with Gasteiger partial charge in [-0.25, -0.2) is 0 Å². The first kappa shape index (κ1) is 14.5. The Labute approximate surface area is 117 Å². The minimum atomic E-state index is -0.121. The average Bonchev–Trinajstić information content (AvgIpc) is 2.39. The Morgan fingerprint density at radius 2 is 1.63 bits per heavy atom. The number of hydrogen-bond donors (Lipinski definition) is 2. The van der Waals surface area contributed by atoms with Gasteiger partial charge in [-0.15, -0.1) is 0 Å². The first-order valence-electron chi connectivity index (χ1n) is 7.42. The van der Waals surface area contributed by atoms with Crippen LogP contribution in [0.2, 0.25) is 0 Å². The highest BCUT2D eigenvalue weighted by atomic mass is 14.9. The summed E-state index contributed by atoms with van der Waals surface area (Å²) in [5.74, 6) is 0. The molecule has 0 spiro atoms. The molecule has 1 saturated carbocycles. The van der Waals surface area contributed by atoms with Crippen LogP contribution in [0.3, 0.4) is 0 Å². The summed E-state index contributed by atoms with van der Waals surface area (Å²) in [5, 5.41) is 3.37. The van der Waals surface area contributed by atoms with Gasteiger partial charge in [0.25, 0.3) is 0 Å². The van der Waals surface area contributed by atoms with Gasteiger partial charge in [0.2, 0.25) is 0 Å². The fourth-order valence-electron chi connectivity index (χ4n) is 3.01. The van der Waals surface area contributed by atoms with E-state index < -0.39 is 0 Å². The molecule has 1 fully saturated rings. The normalized spacial score (nSPS) is 28.4. The molecular formula is C17H28N2. The van der Waals surface area contributed by atoms with E-state index in [0.29, 0.717) is 6.04 Å². The van der Waals surface area contributed by atoms with Gasteiger partial charge in [-0.05, 0) is 49.3 Å². The predicted octanol–water partition coefficient (Wildman–Crippen LogP) is 3.30. The number of hydrogen-bond acceptors (Lipinski definition) is 2. The van der Waals surface area contributed by atoms with Crippen LogP contribution in [-0.2, 0) is 11.0 Å². The zero-order valence-electron chi connectivity index (χ0n) is 12.8. The highest BCUT2D eigenvalue weighted by molar-refractivity contribution is 5.32. The topological polar surface area (TPSA) is 38.0 Å². The van der Waals surface area contributed by atoms with Crippen LogP contribution >= 0.6 is 0 Å². The molecule has 0 radical (unpaired) electrons. The zero-order valence-corrected chi connectivity index (χ0v) is 12.8. The van der Waals surface area contributed by atoms with Gasteiger partial charge in [0, 0.05) is 11.6 Å². The van der Waals surface area contributed by atoms with Gasteiger partial charge in [-0.2, -0.15) is 0 Å². The summed E-state index contributed by atoms with van der Waals surface area (Å²) in [6, 6.07) is 9.61. The molecule has 3 N–H and O–H groups in total. The highest BCUT2D eigenvalue weighted by Gasteiger charge is 2.32. The molecule has 2 heteroatoms. The van der Waals surface area contributed by atoms with Gasteiger partial charge in [0.15, 0.2) is 0 Å². The Kier molecular flexibility index (Phi) is 4.03. The third-order valence-corrected chi connectivity index (χ3v) is 4.61. The van der Waals surface area contributed by atoms with E-state index in [2.05, 4.69) is 50.4 Å². The maximum absolute atomic E-state index is 6.63. The third kappa shape index (κ3) is 3.18. The SMILES string of the molecule is CNC1CCC(N)(c2ccc(C(C)(C)C)cc2)CC1. The van der Waals surface area contributed by atoms with Crippen LogP contribution in [0.15, 0.2) is 24.3 Å². The van der Waals surface area contributed by atoms with Crippen molar-refractivity contribution >= 4 is 0 Å². The van der Waals surface area contributed by atoms with Gasteiger partial charge in [0.1, 0.15) is 0 Å². The van der Waals surface area contributed by atoms with E-state index in [9.17, 15) is 0 Å². The van der Waals surface area contributed by atoms with Gasteiger partial charge in [-0.1, -0.05) is 45.0 Å². The Balaban J connectivity index is 2.14. The molecule has 0 bridgehead atoms. The Morgan fingerprint density at radius 3 is 2.05 bits per heavy atom. The average molecular weight is 260 g/mol. The van der Waals surface area contributed by atoms with Crippen molar-refractivity contribution in [3.8, 4) is 0 Å². The molecule has 19 heavy (non-hydrogen) atoms. The summed E-state index contributed by atoms with van der Waals surface area (Å²) < 4.78 is 0. The van der Waals surface area contributed by atoms with Crippen molar-refractivity contribution in [2.75, 3.05) is 7.05 Å². The molecule has 1 aliphatic rings. The van der Waals surface area contributed by atoms with Crippen molar-refractivity contribution in [3.05, 3.63) is 35.4 Å². The number of nitrogens with one attached hydrogen (secondary N) is 1. The summed E-state index contributed by atoms with van der Waals surface area (Å²) >= 11 is 0. The maximum atomic E-state index is 6.63. The molecule has 0 atom stereocenters. The largest absolute Gasteiger partial charge is 0.321 e. The molecule has 0 amide bonds. The quantitative estimate of drug-likeness (QED) is 0.856. The summed E-state index contributed by atoms with van der Waals surface area (Å²) in [5.41, 5.74) is 9.40. The predicted molar refractivity (Wildman–Crippen MR) is 82.3 cm³/mol. The molecule has 0 saturated heterocycles. The van der Waals surface area contributed by atoms with E-state index in [1.165, 1.54) is 24.0 Å². The fraction of sp³-hybridized carbons (Fsp3) is 0.647. The van der Waals surface area contributed by atoms with Crippen LogP contribution in [0.5, 0.6) is 0 Å². The first-order valence-corrected chi connectivity index (χ1v) is 7.42. The summed E-state index contributed by atoms with van der Waals surface area (Å²) in [6.45, 7) is 6.75. The van der Waals surface area contributed by atoms with E-state index in [-0.39, 0.29) is 11.0 Å². The standard InChI is InChI=1S/C17H28N2/c1-16(2,3)13-5-7-14(8-6-13)17(18)11-9-15(19-4)10-12-17/h5-8,15,19H,9-12,18H2,1-4H3. The number of rotatable bonds is 2. The monoisotopic (exact) mass is 260 g/mol. The van der Waals surface area contributed by atoms with Crippen molar-refractivity contribution in [1.82, 2.24) is 5.32 Å². The van der Waals surface area contributed by atoms with Crippen molar-refractivity contribution in [1.29, 1.82) is 0 Å². The van der Waals surface area contributed by atoms with Crippen molar-refractivity contribution in [2.45, 2.75) is 63.5 Å². The van der Waals surface area contributed by atoms with Gasteiger partial charge >= 0.3 is 0 Å². The molecule has 1 aromatic carbocycles. The second kappa shape index (κ2) is 5.26. The van der Waals surface area contributed by atoms with Gasteiger partial charge in [0.05, 0.1) is 0 Å². The van der Waals surface area contributed by atoms with E-state index in [0.717, 1.165) is 12.8 Å². The van der Waals surface area contributed by atoms with E-state index in [4.69, 9.17) is 5.73 Å². The minimum absolute atomic E-state index is 0.121. The van der Waals surface area contributed by atoms with Crippen molar-refractivity contribution in [2.24, 2.45) is 5.73 Å². The van der Waals surface area contributed by atoms with Crippen LogP contribution in [0.4, 0.5) is 0 Å². The molecule has 1 aliphatic carbocycles. The molecular weight excluding hydrogens is 232 g/mol. The molecule has 2 rings (SSSR count). The summed E-state index contributed by atoms with van der Waals surface area (Å²) in [6.07, 6.45) is 4.50. The zero-order chi connectivity index (χ0) is 14.1. The molecule has 1 aromatic rings. The molecule has 2 nitrogen and oxygen atoms in total. The van der Waals surface area contributed by atoms with E-state index in [1.807, 2.05) is 7.05 Å². The molecule has 0 heterocycles.